The van der Waals surface area contributed by atoms with Crippen molar-refractivity contribution in [3.05, 3.63) is 27.7 Å². The van der Waals surface area contributed by atoms with Gasteiger partial charge in [-0.15, -0.1) is 0 Å². The molecule has 0 saturated carbocycles. The van der Waals surface area contributed by atoms with Crippen LogP contribution < -0.4 is 0 Å². The number of rotatable bonds is 4. The van der Waals surface area contributed by atoms with E-state index in [0.29, 0.717) is 23.7 Å². The van der Waals surface area contributed by atoms with Crippen LogP contribution in [-0.4, -0.2) is 62.4 Å². The quantitative estimate of drug-likeness (QED) is 0.781. The highest BCUT2D eigenvalue weighted by atomic mass is 35.5. The first-order chi connectivity index (χ1) is 10.7. The van der Waals surface area contributed by atoms with Crippen LogP contribution in [0.5, 0.6) is 0 Å². The Bertz CT molecular complexity index is 666. The van der Waals surface area contributed by atoms with Crippen molar-refractivity contribution in [3.63, 3.8) is 0 Å². The zero-order valence-electron chi connectivity index (χ0n) is 13.6. The van der Waals surface area contributed by atoms with Crippen LogP contribution in [0, 0.1) is 6.92 Å². The summed E-state index contributed by atoms with van der Waals surface area (Å²) in [5.41, 5.74) is 0.711. The van der Waals surface area contributed by atoms with Gasteiger partial charge in [0.05, 0.1) is 5.02 Å². The van der Waals surface area contributed by atoms with Crippen molar-refractivity contribution < 1.29 is 8.42 Å². The number of thioether (sulfide) groups is 1. The average molecular weight is 397 g/mol. The Hall–Kier alpha value is 0.0200. The van der Waals surface area contributed by atoms with Gasteiger partial charge < -0.3 is 4.90 Å². The Morgan fingerprint density at radius 2 is 2.00 bits per heavy atom. The average Bonchev–Trinajstić information content (AvgIpc) is 2.67. The molecule has 0 spiro atoms. The minimum absolute atomic E-state index is 0.0606. The summed E-state index contributed by atoms with van der Waals surface area (Å²) in [6, 6.07) is 3.03. The van der Waals surface area contributed by atoms with E-state index in [1.54, 1.807) is 29.1 Å². The molecule has 8 heteroatoms. The second kappa shape index (κ2) is 7.93. The van der Waals surface area contributed by atoms with Gasteiger partial charge >= 0.3 is 0 Å². The zero-order valence-corrected chi connectivity index (χ0v) is 16.7. The Morgan fingerprint density at radius 1 is 1.30 bits per heavy atom. The molecule has 1 saturated heterocycles. The van der Waals surface area contributed by atoms with Gasteiger partial charge in [-0.25, -0.2) is 8.42 Å². The lowest BCUT2D eigenvalue weighted by atomic mass is 10.2. The summed E-state index contributed by atoms with van der Waals surface area (Å²) in [6.07, 6.45) is 0.845. The normalized spacial score (nSPS) is 20.7. The Kier molecular flexibility index (Phi) is 6.67. The van der Waals surface area contributed by atoms with Gasteiger partial charge in [-0.1, -0.05) is 23.2 Å². The summed E-state index contributed by atoms with van der Waals surface area (Å²) in [5.74, 6) is 1.77. The maximum absolute atomic E-state index is 13.2. The van der Waals surface area contributed by atoms with Gasteiger partial charge in [-0.05, 0) is 50.9 Å². The van der Waals surface area contributed by atoms with Crippen LogP contribution in [0.1, 0.15) is 12.0 Å². The standard InChI is InChI=1S/C15H22Cl2N2O2S2/c1-11-7-15(14(17)8-13(11)16)23(20,21)19-5-4-6-22-10-12(19)9-18(2)3/h7-8,12H,4-6,9-10H2,1-3H3. The molecule has 2 rings (SSSR count). The molecule has 0 amide bonds. The monoisotopic (exact) mass is 396 g/mol. The molecule has 1 heterocycles. The van der Waals surface area contributed by atoms with Crippen molar-refractivity contribution in [1.29, 1.82) is 0 Å². The molecule has 1 unspecified atom stereocenters. The van der Waals surface area contributed by atoms with Gasteiger partial charge in [0.15, 0.2) is 0 Å². The molecule has 1 atom stereocenters. The molecule has 1 aromatic rings. The number of hydrogen-bond donors (Lipinski definition) is 0. The highest BCUT2D eigenvalue weighted by Crippen LogP contribution is 2.32. The number of hydrogen-bond acceptors (Lipinski definition) is 4. The van der Waals surface area contributed by atoms with Gasteiger partial charge in [-0.2, -0.15) is 16.1 Å². The van der Waals surface area contributed by atoms with Gasteiger partial charge in [-0.3, -0.25) is 0 Å². The van der Waals surface area contributed by atoms with E-state index in [0.717, 1.165) is 17.9 Å². The summed E-state index contributed by atoms with van der Waals surface area (Å²) in [7, 11) is 0.269. The van der Waals surface area contributed by atoms with Crippen molar-refractivity contribution in [2.75, 3.05) is 38.7 Å². The van der Waals surface area contributed by atoms with Gasteiger partial charge in [0.25, 0.3) is 0 Å². The third-order valence-electron chi connectivity index (χ3n) is 3.76. The molecule has 1 aromatic carbocycles. The van der Waals surface area contributed by atoms with E-state index in [1.165, 1.54) is 6.07 Å². The van der Waals surface area contributed by atoms with Gasteiger partial charge in [0.1, 0.15) is 4.90 Å². The van der Waals surface area contributed by atoms with Crippen LogP contribution in [-0.2, 0) is 10.0 Å². The third kappa shape index (κ3) is 4.55. The van der Waals surface area contributed by atoms with Crippen LogP contribution in [0.3, 0.4) is 0 Å². The van der Waals surface area contributed by atoms with Crippen molar-refractivity contribution in [1.82, 2.24) is 9.21 Å². The molecule has 130 valence electrons. The first-order valence-electron chi connectivity index (χ1n) is 7.43. The van der Waals surface area contributed by atoms with Gasteiger partial charge in [0, 0.05) is 29.9 Å². The highest BCUT2D eigenvalue weighted by Gasteiger charge is 2.34. The minimum atomic E-state index is -3.65. The number of aryl methyl sites for hydroxylation is 1. The molecule has 1 aliphatic rings. The molecule has 1 fully saturated rings. The third-order valence-corrected chi connectivity index (χ3v) is 7.78. The predicted octanol–water partition coefficient (Wildman–Crippen LogP) is 3.36. The molecule has 0 aromatic heterocycles. The Morgan fingerprint density at radius 3 is 2.65 bits per heavy atom. The summed E-state index contributed by atoms with van der Waals surface area (Å²) in [5, 5.41) is 0.659. The molecular weight excluding hydrogens is 375 g/mol. The Balaban J connectivity index is 2.44. The highest BCUT2D eigenvalue weighted by molar-refractivity contribution is 7.99. The summed E-state index contributed by atoms with van der Waals surface area (Å²) < 4.78 is 28.0. The minimum Gasteiger partial charge on any atom is -0.308 e. The first kappa shape index (κ1) is 19.3. The maximum atomic E-state index is 13.2. The number of nitrogens with zero attached hydrogens (tertiary/aromatic N) is 2. The van der Waals surface area contributed by atoms with Crippen LogP contribution >= 0.6 is 35.0 Å². The topological polar surface area (TPSA) is 40.6 Å². The summed E-state index contributed by atoms with van der Waals surface area (Å²) in [4.78, 5) is 2.17. The van der Waals surface area contributed by atoms with E-state index in [-0.39, 0.29) is 16.0 Å². The van der Waals surface area contributed by atoms with Crippen LogP contribution in [0.25, 0.3) is 0 Å². The number of sulfonamides is 1. The Labute approximate surface area is 153 Å². The SMILES string of the molecule is Cc1cc(S(=O)(=O)N2CCCSCC2CN(C)C)c(Cl)cc1Cl. The van der Waals surface area contributed by atoms with Crippen LogP contribution in [0.2, 0.25) is 10.0 Å². The van der Waals surface area contributed by atoms with Crippen LogP contribution in [0.15, 0.2) is 17.0 Å². The molecule has 0 radical (unpaired) electrons. The molecule has 0 aliphatic carbocycles. The number of halogens is 2. The summed E-state index contributed by atoms with van der Waals surface area (Å²) in [6.45, 7) is 3.00. The van der Waals surface area contributed by atoms with E-state index < -0.39 is 10.0 Å². The smallest absolute Gasteiger partial charge is 0.244 e. The predicted molar refractivity (Wildman–Crippen MR) is 99.4 cm³/mol. The molecule has 0 N–H and O–H groups in total. The maximum Gasteiger partial charge on any atom is 0.244 e. The summed E-state index contributed by atoms with van der Waals surface area (Å²) >= 11 is 14.0. The molecule has 4 nitrogen and oxygen atoms in total. The van der Waals surface area contributed by atoms with E-state index in [2.05, 4.69) is 0 Å². The second-order valence-electron chi connectivity index (χ2n) is 5.99. The fourth-order valence-corrected chi connectivity index (χ4v) is 6.26. The molecule has 1 aliphatic heterocycles. The molecule has 0 bridgehead atoms. The molecular formula is C15H22Cl2N2O2S2. The van der Waals surface area contributed by atoms with Crippen molar-refractivity contribution in [2.45, 2.75) is 24.3 Å². The van der Waals surface area contributed by atoms with E-state index in [1.807, 2.05) is 19.0 Å². The fraction of sp³-hybridized carbons (Fsp3) is 0.600. The van der Waals surface area contributed by atoms with E-state index in [9.17, 15) is 8.42 Å². The van der Waals surface area contributed by atoms with Crippen molar-refractivity contribution in [2.24, 2.45) is 0 Å². The second-order valence-corrected chi connectivity index (χ2v) is 9.82. The lowest BCUT2D eigenvalue weighted by Crippen LogP contribution is -2.46. The van der Waals surface area contributed by atoms with Crippen molar-refractivity contribution in [3.8, 4) is 0 Å². The van der Waals surface area contributed by atoms with Gasteiger partial charge in [0.2, 0.25) is 10.0 Å². The number of benzene rings is 1. The van der Waals surface area contributed by atoms with Crippen LogP contribution in [0.4, 0.5) is 0 Å². The molecule has 23 heavy (non-hydrogen) atoms. The lowest BCUT2D eigenvalue weighted by Gasteiger charge is -2.31. The largest absolute Gasteiger partial charge is 0.308 e. The lowest BCUT2D eigenvalue weighted by molar-refractivity contribution is 0.271. The van der Waals surface area contributed by atoms with E-state index in [4.69, 9.17) is 23.2 Å². The first-order valence-corrected chi connectivity index (χ1v) is 10.8. The van der Waals surface area contributed by atoms with E-state index >= 15 is 0 Å². The zero-order chi connectivity index (χ0) is 17.2. The van der Waals surface area contributed by atoms with Crippen molar-refractivity contribution >= 4 is 45.0 Å². The number of likely N-dealkylation sites (N-methyl/N-ethyl adjacent to an activating group) is 1. The fourth-order valence-electron chi connectivity index (χ4n) is 2.64.